The van der Waals surface area contributed by atoms with Crippen LogP contribution in [0.4, 0.5) is 4.79 Å². The molecule has 102 valence electrons. The number of thiophene rings is 1. The number of hydrogen-bond acceptors (Lipinski definition) is 4. The smallest absolute Gasteiger partial charge is 0.325 e. The normalized spacial score (nSPS) is 22.8. The summed E-state index contributed by atoms with van der Waals surface area (Å²) in [7, 11) is 0. The predicted octanol–water partition coefficient (Wildman–Crippen LogP) is 1.91. The van der Waals surface area contributed by atoms with E-state index in [-0.39, 0.29) is 4.34 Å². The van der Waals surface area contributed by atoms with Crippen molar-refractivity contribution < 1.29 is 19.5 Å². The summed E-state index contributed by atoms with van der Waals surface area (Å²) in [6, 6.07) is 0.713. The van der Waals surface area contributed by atoms with E-state index in [1.807, 2.05) is 0 Å². The lowest BCUT2D eigenvalue weighted by Gasteiger charge is -2.20. The second-order valence-electron chi connectivity index (χ2n) is 4.08. The first-order valence-corrected chi connectivity index (χ1v) is 6.64. The summed E-state index contributed by atoms with van der Waals surface area (Å²) in [4.78, 5) is 35.2. The molecule has 9 heteroatoms. The first-order valence-electron chi connectivity index (χ1n) is 5.07. The lowest BCUT2D eigenvalue weighted by Crippen LogP contribution is -2.41. The van der Waals surface area contributed by atoms with E-state index in [4.69, 9.17) is 28.3 Å². The highest BCUT2D eigenvalue weighted by molar-refractivity contribution is 7.20. The Morgan fingerprint density at radius 1 is 1.53 bits per heavy atom. The Balaban J connectivity index is 2.41. The Labute approximate surface area is 121 Å². The molecule has 0 aliphatic carbocycles. The van der Waals surface area contributed by atoms with Gasteiger partial charge in [0.15, 0.2) is 0 Å². The predicted molar refractivity (Wildman–Crippen MR) is 69.6 cm³/mol. The van der Waals surface area contributed by atoms with Gasteiger partial charge in [-0.05, 0) is 13.0 Å². The molecule has 0 spiro atoms. The maximum Gasteiger partial charge on any atom is 0.325 e. The van der Waals surface area contributed by atoms with Gasteiger partial charge in [-0.25, -0.2) is 4.79 Å². The zero-order valence-corrected chi connectivity index (χ0v) is 11.9. The van der Waals surface area contributed by atoms with Crippen molar-refractivity contribution in [2.75, 3.05) is 6.54 Å². The average molecular weight is 323 g/mol. The van der Waals surface area contributed by atoms with Gasteiger partial charge in [0, 0.05) is 5.56 Å². The van der Waals surface area contributed by atoms with Crippen LogP contribution in [0.15, 0.2) is 6.07 Å². The average Bonchev–Trinajstić information content (AvgIpc) is 2.72. The van der Waals surface area contributed by atoms with Crippen molar-refractivity contribution in [2.45, 2.75) is 12.5 Å². The fraction of sp³-hybridized carbons (Fsp3) is 0.300. The van der Waals surface area contributed by atoms with E-state index in [0.717, 1.165) is 11.3 Å². The van der Waals surface area contributed by atoms with Crippen molar-refractivity contribution in [3.63, 3.8) is 0 Å². The number of carbonyl (C=O) groups excluding carboxylic acids is 2. The molecule has 1 fully saturated rings. The van der Waals surface area contributed by atoms with Gasteiger partial charge in [-0.3, -0.25) is 14.5 Å². The van der Waals surface area contributed by atoms with Gasteiger partial charge >= 0.3 is 12.0 Å². The quantitative estimate of drug-likeness (QED) is 0.832. The van der Waals surface area contributed by atoms with Crippen molar-refractivity contribution in [1.82, 2.24) is 10.2 Å². The number of hydrogen-bond donors (Lipinski definition) is 2. The number of aliphatic carboxylic acids is 1. The summed E-state index contributed by atoms with van der Waals surface area (Å²) in [5.74, 6) is -1.95. The number of amides is 3. The van der Waals surface area contributed by atoms with Gasteiger partial charge < -0.3 is 10.4 Å². The number of halogens is 2. The Bertz CT molecular complexity index is 588. The molecule has 1 saturated heterocycles. The van der Waals surface area contributed by atoms with Gasteiger partial charge in [-0.15, -0.1) is 11.3 Å². The monoisotopic (exact) mass is 322 g/mol. The van der Waals surface area contributed by atoms with Crippen molar-refractivity contribution in [2.24, 2.45) is 0 Å². The minimum absolute atomic E-state index is 0.276. The highest BCUT2D eigenvalue weighted by Crippen LogP contribution is 2.40. The molecule has 0 aromatic carbocycles. The molecule has 2 rings (SSSR count). The molecule has 0 saturated carbocycles. The molecule has 0 radical (unpaired) electrons. The third kappa shape index (κ3) is 2.29. The van der Waals surface area contributed by atoms with Crippen molar-refractivity contribution in [1.29, 1.82) is 0 Å². The van der Waals surface area contributed by atoms with Crippen molar-refractivity contribution in [3.8, 4) is 0 Å². The van der Waals surface area contributed by atoms with Crippen LogP contribution in [-0.2, 0) is 15.1 Å². The Kier molecular flexibility index (Phi) is 3.46. The zero-order chi connectivity index (χ0) is 14.4. The zero-order valence-electron chi connectivity index (χ0n) is 9.57. The maximum absolute atomic E-state index is 12.2. The number of carboxylic acid groups (broad SMARTS) is 1. The van der Waals surface area contributed by atoms with Gasteiger partial charge in [0.1, 0.15) is 16.4 Å². The molecule has 1 aliphatic rings. The second kappa shape index (κ2) is 4.66. The van der Waals surface area contributed by atoms with Crippen LogP contribution in [0.2, 0.25) is 8.67 Å². The highest BCUT2D eigenvalue weighted by atomic mass is 35.5. The Morgan fingerprint density at radius 3 is 2.63 bits per heavy atom. The lowest BCUT2D eigenvalue weighted by molar-refractivity contribution is -0.142. The molecule has 19 heavy (non-hydrogen) atoms. The summed E-state index contributed by atoms with van der Waals surface area (Å²) < 4.78 is 0.651. The summed E-state index contributed by atoms with van der Waals surface area (Å²) >= 11 is 12.9. The number of rotatable bonds is 3. The maximum atomic E-state index is 12.2. The van der Waals surface area contributed by atoms with Gasteiger partial charge in [-0.2, -0.15) is 0 Å². The SMILES string of the molecule is CC1(c2cc(Cl)sc2Cl)NC(=O)N(CC(=O)O)C1=O. The standard InChI is InChI=1S/C10H8Cl2N2O4S/c1-10(4-2-5(11)19-7(4)12)8(17)14(3-6(15)16)9(18)13-10/h2H,3H2,1H3,(H,13,18)(H,15,16). The fourth-order valence-corrected chi connectivity index (χ4v) is 3.51. The summed E-state index contributed by atoms with van der Waals surface area (Å²) in [5.41, 5.74) is -1.04. The number of nitrogens with zero attached hydrogens (tertiary/aromatic N) is 1. The molecular weight excluding hydrogens is 315 g/mol. The van der Waals surface area contributed by atoms with Crippen molar-refractivity contribution in [3.05, 3.63) is 20.3 Å². The second-order valence-corrected chi connectivity index (χ2v) is 6.36. The number of carbonyl (C=O) groups is 3. The van der Waals surface area contributed by atoms with Crippen LogP contribution < -0.4 is 5.32 Å². The van der Waals surface area contributed by atoms with E-state index in [1.165, 1.54) is 13.0 Å². The molecule has 1 aromatic heterocycles. The molecular formula is C10H8Cl2N2O4S. The first-order chi connectivity index (χ1) is 8.75. The van der Waals surface area contributed by atoms with E-state index >= 15 is 0 Å². The van der Waals surface area contributed by atoms with E-state index in [0.29, 0.717) is 14.8 Å². The van der Waals surface area contributed by atoms with Gasteiger partial charge in [0.05, 0.1) is 4.34 Å². The van der Waals surface area contributed by atoms with Gasteiger partial charge in [0.2, 0.25) is 0 Å². The Hall–Kier alpha value is -1.31. The summed E-state index contributed by atoms with van der Waals surface area (Å²) in [5, 5.41) is 11.1. The summed E-state index contributed by atoms with van der Waals surface area (Å²) in [6.45, 7) is 0.759. The van der Waals surface area contributed by atoms with Crippen molar-refractivity contribution >= 4 is 52.4 Å². The fourth-order valence-electron chi connectivity index (χ4n) is 1.84. The number of imide groups is 1. The number of nitrogens with one attached hydrogen (secondary N) is 1. The van der Waals surface area contributed by atoms with E-state index < -0.39 is 30.0 Å². The molecule has 2 heterocycles. The van der Waals surface area contributed by atoms with Crippen LogP contribution in [0.3, 0.4) is 0 Å². The van der Waals surface area contributed by atoms with Gasteiger partial charge in [-0.1, -0.05) is 23.2 Å². The molecule has 1 unspecified atom stereocenters. The topological polar surface area (TPSA) is 86.7 Å². The molecule has 2 N–H and O–H groups in total. The van der Waals surface area contributed by atoms with Crippen LogP contribution in [0.25, 0.3) is 0 Å². The molecule has 1 aliphatic heterocycles. The molecule has 6 nitrogen and oxygen atoms in total. The van der Waals surface area contributed by atoms with Crippen LogP contribution >= 0.6 is 34.5 Å². The van der Waals surface area contributed by atoms with Crippen LogP contribution in [-0.4, -0.2) is 34.5 Å². The van der Waals surface area contributed by atoms with Crippen LogP contribution in [0.5, 0.6) is 0 Å². The van der Waals surface area contributed by atoms with E-state index in [1.54, 1.807) is 0 Å². The highest BCUT2D eigenvalue weighted by Gasteiger charge is 2.51. The minimum Gasteiger partial charge on any atom is -0.480 e. The number of urea groups is 1. The molecule has 1 atom stereocenters. The van der Waals surface area contributed by atoms with E-state index in [2.05, 4.69) is 5.32 Å². The lowest BCUT2D eigenvalue weighted by atomic mass is 9.95. The molecule has 0 bridgehead atoms. The molecule has 1 aromatic rings. The first kappa shape index (κ1) is 14.1. The third-order valence-corrected chi connectivity index (χ3v) is 4.25. The molecule has 3 amide bonds. The number of carboxylic acids is 1. The van der Waals surface area contributed by atoms with Crippen LogP contribution in [0, 0.1) is 0 Å². The third-order valence-electron chi connectivity index (χ3n) is 2.76. The largest absolute Gasteiger partial charge is 0.480 e. The van der Waals surface area contributed by atoms with Gasteiger partial charge in [0.25, 0.3) is 5.91 Å². The Morgan fingerprint density at radius 2 is 2.16 bits per heavy atom. The van der Waals surface area contributed by atoms with Crippen LogP contribution in [0.1, 0.15) is 12.5 Å². The summed E-state index contributed by atoms with van der Waals surface area (Å²) in [6.07, 6.45) is 0. The van der Waals surface area contributed by atoms with E-state index in [9.17, 15) is 14.4 Å². The minimum atomic E-state index is -1.40.